The number of likely N-dealkylation sites (tertiary alicyclic amines) is 1. The predicted molar refractivity (Wildman–Crippen MR) is 106 cm³/mol. The first-order valence-electron chi connectivity index (χ1n) is 10.4. The molecule has 1 amide bonds. The molecule has 0 aromatic carbocycles. The highest BCUT2D eigenvalue weighted by Crippen LogP contribution is 2.26. The number of amides is 1. The molecule has 2 rings (SSSR count). The lowest BCUT2D eigenvalue weighted by Crippen LogP contribution is -2.47. The second-order valence-electron chi connectivity index (χ2n) is 7.88. The summed E-state index contributed by atoms with van der Waals surface area (Å²) in [5, 5.41) is 3.44. The van der Waals surface area contributed by atoms with E-state index in [9.17, 15) is 4.79 Å². The monoisotopic (exact) mass is 366 g/mol. The summed E-state index contributed by atoms with van der Waals surface area (Å²) in [7, 11) is 3.55. The van der Waals surface area contributed by atoms with E-state index in [4.69, 9.17) is 4.74 Å². The molecule has 0 atom stereocenters. The lowest BCUT2D eigenvalue weighted by molar-refractivity contribution is -0.127. The van der Waals surface area contributed by atoms with Crippen LogP contribution in [0.2, 0.25) is 0 Å². The third kappa shape index (κ3) is 7.14. The van der Waals surface area contributed by atoms with E-state index in [1.807, 2.05) is 0 Å². The molecule has 1 aliphatic carbocycles. The average Bonchev–Trinajstić information content (AvgIpc) is 3.16. The van der Waals surface area contributed by atoms with Crippen molar-refractivity contribution in [3.63, 3.8) is 0 Å². The van der Waals surface area contributed by atoms with Crippen LogP contribution in [-0.4, -0.2) is 74.7 Å². The average molecular weight is 367 g/mol. The molecule has 0 unspecified atom stereocenters. The van der Waals surface area contributed by atoms with Gasteiger partial charge in [-0.3, -0.25) is 4.79 Å². The molecular weight excluding hydrogens is 328 g/mol. The molecule has 6 heteroatoms. The minimum atomic E-state index is 0.0366. The number of nitrogens with zero attached hydrogens (tertiary/aromatic N) is 3. The smallest absolute Gasteiger partial charge is 0.243 e. The Bertz CT molecular complexity index is 439. The quantitative estimate of drug-likeness (QED) is 0.407. The highest BCUT2D eigenvalue weighted by molar-refractivity contribution is 5.84. The summed E-state index contributed by atoms with van der Waals surface area (Å²) < 4.78 is 6.18. The summed E-state index contributed by atoms with van der Waals surface area (Å²) in [6.07, 6.45) is 10.2. The first-order valence-corrected chi connectivity index (χ1v) is 10.4. The van der Waals surface area contributed by atoms with Gasteiger partial charge in [0.05, 0.1) is 6.10 Å². The van der Waals surface area contributed by atoms with Crippen molar-refractivity contribution in [2.24, 2.45) is 10.9 Å². The van der Waals surface area contributed by atoms with Crippen molar-refractivity contribution in [2.75, 3.05) is 46.9 Å². The van der Waals surface area contributed by atoms with Gasteiger partial charge in [0, 0.05) is 40.3 Å². The first-order chi connectivity index (χ1) is 12.6. The van der Waals surface area contributed by atoms with E-state index in [1.165, 1.54) is 25.7 Å². The molecular formula is C20H38N4O2. The fourth-order valence-electron chi connectivity index (χ4n) is 3.61. The maximum absolute atomic E-state index is 11.9. The first kappa shape index (κ1) is 21.0. The van der Waals surface area contributed by atoms with Crippen LogP contribution in [0.1, 0.15) is 58.3 Å². The maximum Gasteiger partial charge on any atom is 0.243 e. The van der Waals surface area contributed by atoms with Gasteiger partial charge >= 0.3 is 0 Å². The van der Waals surface area contributed by atoms with E-state index in [2.05, 4.69) is 22.1 Å². The molecule has 1 saturated heterocycles. The van der Waals surface area contributed by atoms with Crippen molar-refractivity contribution in [1.29, 1.82) is 0 Å². The highest BCUT2D eigenvalue weighted by Gasteiger charge is 2.24. The molecule has 26 heavy (non-hydrogen) atoms. The van der Waals surface area contributed by atoms with Crippen LogP contribution in [0.4, 0.5) is 0 Å². The molecule has 6 nitrogen and oxygen atoms in total. The number of aliphatic imine (C=N–C) groups is 1. The summed E-state index contributed by atoms with van der Waals surface area (Å²) in [5.41, 5.74) is 0. The highest BCUT2D eigenvalue weighted by atomic mass is 16.5. The van der Waals surface area contributed by atoms with Crippen molar-refractivity contribution in [2.45, 2.75) is 64.4 Å². The number of unbranched alkanes of at least 4 members (excludes halogenated alkanes) is 1. The number of rotatable bonds is 8. The van der Waals surface area contributed by atoms with Crippen LogP contribution < -0.4 is 5.32 Å². The van der Waals surface area contributed by atoms with Gasteiger partial charge in [-0.25, -0.2) is 4.99 Å². The van der Waals surface area contributed by atoms with Gasteiger partial charge in [0.2, 0.25) is 5.91 Å². The summed E-state index contributed by atoms with van der Waals surface area (Å²) in [4.78, 5) is 20.3. The molecule has 0 radical (unpaired) electrons. The van der Waals surface area contributed by atoms with Crippen LogP contribution in [0.5, 0.6) is 0 Å². The zero-order chi connectivity index (χ0) is 18.8. The van der Waals surface area contributed by atoms with Gasteiger partial charge in [-0.15, -0.1) is 0 Å². The molecule has 1 saturated carbocycles. The molecule has 2 fully saturated rings. The molecule has 150 valence electrons. The zero-order valence-electron chi connectivity index (χ0n) is 17.0. The van der Waals surface area contributed by atoms with Crippen LogP contribution in [0.25, 0.3) is 0 Å². The second kappa shape index (κ2) is 11.4. The second-order valence-corrected chi connectivity index (χ2v) is 7.88. The van der Waals surface area contributed by atoms with E-state index in [-0.39, 0.29) is 12.5 Å². The fourth-order valence-corrected chi connectivity index (χ4v) is 3.61. The van der Waals surface area contributed by atoms with Gasteiger partial charge in [0.1, 0.15) is 6.54 Å². The van der Waals surface area contributed by atoms with Gasteiger partial charge in [-0.1, -0.05) is 26.2 Å². The van der Waals surface area contributed by atoms with E-state index in [0.29, 0.717) is 6.10 Å². The Morgan fingerprint density at radius 2 is 1.88 bits per heavy atom. The van der Waals surface area contributed by atoms with E-state index < -0.39 is 0 Å². The standard InChI is InChI=1S/C20H38N4O2/c1-4-5-12-21-20(22-15-19(25)23(2)3)24-13-10-18(11-14-24)26-16-17-8-6-7-9-17/h17-18H,4-16H2,1-3H3,(H,21,22). The Morgan fingerprint density at radius 1 is 1.19 bits per heavy atom. The zero-order valence-corrected chi connectivity index (χ0v) is 17.0. The summed E-state index contributed by atoms with van der Waals surface area (Å²) in [6.45, 7) is 6.13. The van der Waals surface area contributed by atoms with Gasteiger partial charge < -0.3 is 19.9 Å². The van der Waals surface area contributed by atoms with Crippen molar-refractivity contribution >= 4 is 11.9 Å². The van der Waals surface area contributed by atoms with Gasteiger partial charge in [0.25, 0.3) is 0 Å². The van der Waals surface area contributed by atoms with E-state index >= 15 is 0 Å². The Hall–Kier alpha value is -1.30. The van der Waals surface area contributed by atoms with Gasteiger partial charge in [0.15, 0.2) is 5.96 Å². The predicted octanol–water partition coefficient (Wildman–Crippen LogP) is 2.49. The third-order valence-electron chi connectivity index (χ3n) is 5.46. The Labute approximate surface area is 159 Å². The Kier molecular flexibility index (Phi) is 9.23. The van der Waals surface area contributed by atoms with Crippen LogP contribution in [0.3, 0.4) is 0 Å². The van der Waals surface area contributed by atoms with Crippen LogP contribution in [0, 0.1) is 5.92 Å². The van der Waals surface area contributed by atoms with Crippen molar-refractivity contribution in [3.05, 3.63) is 0 Å². The van der Waals surface area contributed by atoms with E-state index in [0.717, 1.165) is 63.8 Å². The molecule has 0 spiro atoms. The number of nitrogens with one attached hydrogen (secondary N) is 1. The summed E-state index contributed by atoms with van der Waals surface area (Å²) >= 11 is 0. The van der Waals surface area contributed by atoms with Crippen molar-refractivity contribution in [1.82, 2.24) is 15.1 Å². The molecule has 0 aromatic rings. The lowest BCUT2D eigenvalue weighted by atomic mass is 10.1. The minimum Gasteiger partial charge on any atom is -0.378 e. The number of ether oxygens (including phenoxy) is 1. The normalized spacial score (nSPS) is 19.8. The SMILES string of the molecule is CCCCNC(=NCC(=O)N(C)C)N1CCC(OCC2CCCC2)CC1. The molecule has 1 heterocycles. The maximum atomic E-state index is 11.9. The Balaban J connectivity index is 1.79. The number of likely N-dealkylation sites (N-methyl/N-ethyl adjacent to an activating group) is 1. The van der Waals surface area contributed by atoms with Crippen molar-refractivity contribution in [3.8, 4) is 0 Å². The third-order valence-corrected chi connectivity index (χ3v) is 5.46. The molecule has 1 N–H and O–H groups in total. The molecule has 2 aliphatic rings. The fraction of sp³-hybridized carbons (Fsp3) is 0.900. The molecule has 0 aromatic heterocycles. The van der Waals surface area contributed by atoms with Crippen molar-refractivity contribution < 1.29 is 9.53 Å². The topological polar surface area (TPSA) is 57.2 Å². The summed E-state index contributed by atoms with van der Waals surface area (Å²) in [6, 6.07) is 0. The van der Waals surface area contributed by atoms with Crippen LogP contribution in [0.15, 0.2) is 4.99 Å². The Morgan fingerprint density at radius 3 is 2.50 bits per heavy atom. The van der Waals surface area contributed by atoms with Crippen LogP contribution in [-0.2, 0) is 9.53 Å². The van der Waals surface area contributed by atoms with Gasteiger partial charge in [-0.2, -0.15) is 0 Å². The number of piperidine rings is 1. The lowest BCUT2D eigenvalue weighted by Gasteiger charge is -2.34. The largest absolute Gasteiger partial charge is 0.378 e. The minimum absolute atomic E-state index is 0.0366. The summed E-state index contributed by atoms with van der Waals surface area (Å²) in [5.74, 6) is 1.70. The van der Waals surface area contributed by atoms with Crippen LogP contribution >= 0.6 is 0 Å². The van der Waals surface area contributed by atoms with Gasteiger partial charge in [-0.05, 0) is 38.0 Å². The number of carbonyl (C=O) groups excluding carboxylic acids is 1. The number of hydrogen-bond acceptors (Lipinski definition) is 3. The molecule has 1 aliphatic heterocycles. The number of carbonyl (C=O) groups is 1. The van der Waals surface area contributed by atoms with E-state index in [1.54, 1.807) is 19.0 Å². The molecule has 0 bridgehead atoms. The number of guanidine groups is 1. The number of hydrogen-bond donors (Lipinski definition) is 1.